The maximum absolute atomic E-state index is 6.12. The Morgan fingerprint density at radius 2 is 2.00 bits per heavy atom. The smallest absolute Gasteiger partial charge is 0.0600 e. The van der Waals surface area contributed by atoms with Crippen LogP contribution < -0.4 is 10.6 Å². The predicted molar refractivity (Wildman–Crippen MR) is 83.4 cm³/mol. The predicted octanol–water partition coefficient (Wildman–Crippen LogP) is 3.89. The molecular weight excluding hydrogens is 323 g/mol. The van der Waals surface area contributed by atoms with E-state index in [2.05, 4.69) is 59.5 Å². The van der Waals surface area contributed by atoms with Crippen LogP contribution in [0.5, 0.6) is 0 Å². The molecule has 0 saturated carbocycles. The second-order valence-electron chi connectivity index (χ2n) is 5.71. The molecule has 2 N–H and O–H groups in total. The molecule has 1 aromatic carbocycles. The first kappa shape index (κ1) is 13.0. The van der Waals surface area contributed by atoms with Gasteiger partial charge < -0.3 is 10.6 Å². The lowest BCUT2D eigenvalue weighted by Gasteiger charge is -2.26. The van der Waals surface area contributed by atoms with E-state index < -0.39 is 0 Å². The van der Waals surface area contributed by atoms with E-state index in [1.54, 1.807) is 0 Å². The van der Waals surface area contributed by atoms with Crippen LogP contribution >= 0.6 is 22.6 Å². The van der Waals surface area contributed by atoms with E-state index in [9.17, 15) is 0 Å². The number of benzene rings is 1. The van der Waals surface area contributed by atoms with Crippen molar-refractivity contribution in [1.82, 2.24) is 0 Å². The van der Waals surface area contributed by atoms with Crippen LogP contribution in [0.3, 0.4) is 0 Å². The largest absolute Gasteiger partial charge is 0.397 e. The minimum atomic E-state index is 0.479. The molecule has 2 rings (SSSR count). The first-order valence-electron chi connectivity index (χ1n) is 6.28. The molecule has 0 unspecified atom stereocenters. The monoisotopic (exact) mass is 344 g/mol. The van der Waals surface area contributed by atoms with Gasteiger partial charge in [0.1, 0.15) is 0 Å². The van der Waals surface area contributed by atoms with Gasteiger partial charge in [0.05, 0.1) is 11.4 Å². The first-order chi connectivity index (χ1) is 7.98. The SMILES string of the molecule is CC1(C)CCCN(c2ccc(I)cc2N)CC1. The van der Waals surface area contributed by atoms with Crippen molar-refractivity contribution in [1.29, 1.82) is 0 Å². The molecular formula is C14H21IN2. The van der Waals surface area contributed by atoms with E-state index in [1.165, 1.54) is 28.5 Å². The van der Waals surface area contributed by atoms with E-state index in [1.807, 2.05) is 0 Å². The van der Waals surface area contributed by atoms with E-state index in [0.717, 1.165) is 18.8 Å². The average Bonchev–Trinajstić information content (AvgIpc) is 2.40. The van der Waals surface area contributed by atoms with Gasteiger partial charge in [-0.1, -0.05) is 13.8 Å². The fourth-order valence-electron chi connectivity index (χ4n) is 2.48. The summed E-state index contributed by atoms with van der Waals surface area (Å²) in [7, 11) is 0. The number of nitrogens with zero attached hydrogens (tertiary/aromatic N) is 1. The van der Waals surface area contributed by atoms with Gasteiger partial charge in [-0.15, -0.1) is 0 Å². The number of nitrogen functional groups attached to an aromatic ring is 1. The van der Waals surface area contributed by atoms with Gasteiger partial charge in [0, 0.05) is 16.7 Å². The normalized spacial score (nSPS) is 20.1. The summed E-state index contributed by atoms with van der Waals surface area (Å²) in [6.07, 6.45) is 3.82. The Labute approximate surface area is 118 Å². The molecule has 3 heteroatoms. The molecule has 1 heterocycles. The molecule has 1 aliphatic rings. The van der Waals surface area contributed by atoms with Crippen LogP contribution in [0.1, 0.15) is 33.1 Å². The Balaban J connectivity index is 2.17. The molecule has 0 radical (unpaired) electrons. The molecule has 0 bridgehead atoms. The third-order valence-electron chi connectivity index (χ3n) is 3.67. The second-order valence-corrected chi connectivity index (χ2v) is 6.95. The zero-order chi connectivity index (χ0) is 12.5. The van der Waals surface area contributed by atoms with Crippen LogP contribution in [0.4, 0.5) is 11.4 Å². The van der Waals surface area contributed by atoms with Crippen LogP contribution in [-0.2, 0) is 0 Å². The van der Waals surface area contributed by atoms with Crippen LogP contribution in [0.25, 0.3) is 0 Å². The lowest BCUT2D eigenvalue weighted by Crippen LogP contribution is -2.25. The molecule has 0 spiro atoms. The lowest BCUT2D eigenvalue weighted by molar-refractivity contribution is 0.325. The Morgan fingerprint density at radius 1 is 1.24 bits per heavy atom. The third-order valence-corrected chi connectivity index (χ3v) is 4.34. The summed E-state index contributed by atoms with van der Waals surface area (Å²) in [6, 6.07) is 6.36. The lowest BCUT2D eigenvalue weighted by atomic mass is 9.85. The third kappa shape index (κ3) is 3.27. The molecule has 1 aliphatic heterocycles. The molecule has 1 fully saturated rings. The van der Waals surface area contributed by atoms with Crippen molar-refractivity contribution in [3.63, 3.8) is 0 Å². The molecule has 0 amide bonds. The quantitative estimate of drug-likeness (QED) is 0.619. The van der Waals surface area contributed by atoms with Gasteiger partial charge in [-0.2, -0.15) is 0 Å². The Hall–Kier alpha value is -0.450. The molecule has 0 aromatic heterocycles. The van der Waals surface area contributed by atoms with Crippen molar-refractivity contribution < 1.29 is 0 Å². The second kappa shape index (κ2) is 5.04. The van der Waals surface area contributed by atoms with Gasteiger partial charge in [-0.3, -0.25) is 0 Å². The molecule has 2 nitrogen and oxygen atoms in total. The summed E-state index contributed by atoms with van der Waals surface area (Å²) in [5.74, 6) is 0. The summed E-state index contributed by atoms with van der Waals surface area (Å²) in [6.45, 7) is 6.99. The van der Waals surface area contributed by atoms with Gasteiger partial charge in [0.2, 0.25) is 0 Å². The van der Waals surface area contributed by atoms with Crippen molar-refractivity contribution >= 4 is 34.0 Å². The van der Waals surface area contributed by atoms with Gasteiger partial charge in [0.25, 0.3) is 0 Å². The number of anilines is 2. The van der Waals surface area contributed by atoms with Crippen LogP contribution in [-0.4, -0.2) is 13.1 Å². The Bertz CT molecular complexity index is 401. The van der Waals surface area contributed by atoms with Crippen LogP contribution in [0.15, 0.2) is 18.2 Å². The fourth-order valence-corrected chi connectivity index (χ4v) is 2.99. The highest BCUT2D eigenvalue weighted by molar-refractivity contribution is 14.1. The van der Waals surface area contributed by atoms with Crippen molar-refractivity contribution in [2.75, 3.05) is 23.7 Å². The van der Waals surface area contributed by atoms with Gasteiger partial charge >= 0.3 is 0 Å². The molecule has 0 atom stereocenters. The number of halogens is 1. The molecule has 94 valence electrons. The van der Waals surface area contributed by atoms with Crippen LogP contribution in [0, 0.1) is 8.99 Å². The average molecular weight is 344 g/mol. The minimum absolute atomic E-state index is 0.479. The maximum atomic E-state index is 6.12. The van der Waals surface area contributed by atoms with Crippen molar-refractivity contribution in [2.24, 2.45) is 5.41 Å². The zero-order valence-electron chi connectivity index (χ0n) is 10.7. The molecule has 1 saturated heterocycles. The summed E-state index contributed by atoms with van der Waals surface area (Å²) >= 11 is 2.31. The Morgan fingerprint density at radius 3 is 2.71 bits per heavy atom. The van der Waals surface area contributed by atoms with Crippen molar-refractivity contribution in [3.05, 3.63) is 21.8 Å². The topological polar surface area (TPSA) is 29.3 Å². The van der Waals surface area contributed by atoms with E-state index >= 15 is 0 Å². The summed E-state index contributed by atoms with van der Waals surface area (Å²) in [5.41, 5.74) is 8.73. The van der Waals surface area contributed by atoms with E-state index in [-0.39, 0.29) is 0 Å². The number of hydrogen-bond acceptors (Lipinski definition) is 2. The summed E-state index contributed by atoms with van der Waals surface area (Å²) in [4.78, 5) is 2.44. The maximum Gasteiger partial charge on any atom is 0.0600 e. The highest BCUT2D eigenvalue weighted by Crippen LogP contribution is 2.33. The standard InChI is InChI=1S/C14H21IN2/c1-14(2)6-3-8-17(9-7-14)13-5-4-11(15)10-12(13)16/h4-5,10H,3,6-9,16H2,1-2H3. The highest BCUT2D eigenvalue weighted by atomic mass is 127. The summed E-state index contributed by atoms with van der Waals surface area (Å²) in [5, 5.41) is 0. The highest BCUT2D eigenvalue weighted by Gasteiger charge is 2.23. The molecule has 0 aliphatic carbocycles. The van der Waals surface area contributed by atoms with Gasteiger partial charge in [-0.25, -0.2) is 0 Å². The fraction of sp³-hybridized carbons (Fsp3) is 0.571. The van der Waals surface area contributed by atoms with Crippen LogP contribution in [0.2, 0.25) is 0 Å². The Kier molecular flexibility index (Phi) is 3.85. The van der Waals surface area contributed by atoms with Crippen molar-refractivity contribution in [3.8, 4) is 0 Å². The van der Waals surface area contributed by atoms with Gasteiger partial charge in [0.15, 0.2) is 0 Å². The number of hydrogen-bond donors (Lipinski definition) is 1. The van der Waals surface area contributed by atoms with Crippen molar-refractivity contribution in [2.45, 2.75) is 33.1 Å². The summed E-state index contributed by atoms with van der Waals surface area (Å²) < 4.78 is 1.21. The number of nitrogens with two attached hydrogens (primary N) is 1. The first-order valence-corrected chi connectivity index (χ1v) is 7.36. The zero-order valence-corrected chi connectivity index (χ0v) is 12.8. The molecule has 1 aromatic rings. The van der Waals surface area contributed by atoms with Gasteiger partial charge in [-0.05, 0) is 65.5 Å². The van der Waals surface area contributed by atoms with E-state index in [0.29, 0.717) is 5.41 Å². The molecule has 17 heavy (non-hydrogen) atoms. The minimum Gasteiger partial charge on any atom is -0.397 e. The number of rotatable bonds is 1. The van der Waals surface area contributed by atoms with E-state index in [4.69, 9.17) is 5.73 Å².